The molecule has 1 aromatic heterocycles. The van der Waals surface area contributed by atoms with Gasteiger partial charge in [-0.3, -0.25) is 4.79 Å². The first-order chi connectivity index (χ1) is 9.15. The Morgan fingerprint density at radius 1 is 1.47 bits per heavy atom. The summed E-state index contributed by atoms with van der Waals surface area (Å²) >= 11 is 1.35. The van der Waals surface area contributed by atoms with Gasteiger partial charge in [-0.1, -0.05) is 6.07 Å². The second kappa shape index (κ2) is 4.94. The van der Waals surface area contributed by atoms with E-state index in [2.05, 4.69) is 10.6 Å². The molecule has 5 nitrogen and oxygen atoms in total. The Hall–Kier alpha value is -1.40. The Morgan fingerprint density at radius 3 is 2.84 bits per heavy atom. The maximum absolute atomic E-state index is 12.2. The van der Waals surface area contributed by atoms with E-state index >= 15 is 0 Å². The molecule has 2 saturated heterocycles. The van der Waals surface area contributed by atoms with Crippen LogP contribution in [0.4, 0.5) is 0 Å². The summed E-state index contributed by atoms with van der Waals surface area (Å²) in [5.41, 5.74) is 0. The van der Waals surface area contributed by atoms with E-state index in [1.54, 1.807) is 12.1 Å². The molecule has 0 radical (unpaired) electrons. The van der Waals surface area contributed by atoms with Crippen LogP contribution in [0.15, 0.2) is 17.5 Å². The SMILES string of the molecule is O=C(O)C(NC(=O)C1CC2CCC1N2)c1cccs1. The average molecular weight is 280 g/mol. The minimum Gasteiger partial charge on any atom is -0.479 e. The Bertz CT molecular complexity index is 488. The zero-order chi connectivity index (χ0) is 13.4. The van der Waals surface area contributed by atoms with Crippen LogP contribution in [-0.2, 0) is 9.59 Å². The molecular weight excluding hydrogens is 264 g/mol. The molecule has 3 N–H and O–H groups in total. The number of amides is 1. The summed E-state index contributed by atoms with van der Waals surface area (Å²) in [5, 5.41) is 17.1. The highest BCUT2D eigenvalue weighted by Crippen LogP contribution is 2.33. The predicted molar refractivity (Wildman–Crippen MR) is 70.9 cm³/mol. The van der Waals surface area contributed by atoms with Crippen molar-refractivity contribution in [2.45, 2.75) is 37.4 Å². The topological polar surface area (TPSA) is 78.4 Å². The van der Waals surface area contributed by atoms with Gasteiger partial charge in [0, 0.05) is 17.0 Å². The zero-order valence-corrected chi connectivity index (χ0v) is 11.2. The van der Waals surface area contributed by atoms with Crippen molar-refractivity contribution < 1.29 is 14.7 Å². The molecule has 0 aromatic carbocycles. The van der Waals surface area contributed by atoms with Crippen molar-refractivity contribution >= 4 is 23.2 Å². The minimum atomic E-state index is -1.01. The smallest absolute Gasteiger partial charge is 0.331 e. The van der Waals surface area contributed by atoms with Crippen LogP contribution in [0.5, 0.6) is 0 Å². The van der Waals surface area contributed by atoms with E-state index in [4.69, 9.17) is 0 Å². The van der Waals surface area contributed by atoms with Gasteiger partial charge in [-0.15, -0.1) is 11.3 Å². The van der Waals surface area contributed by atoms with E-state index in [-0.39, 0.29) is 17.9 Å². The molecule has 0 saturated carbocycles. The van der Waals surface area contributed by atoms with E-state index in [0.717, 1.165) is 19.3 Å². The Balaban J connectivity index is 1.69. The van der Waals surface area contributed by atoms with Crippen molar-refractivity contribution in [1.29, 1.82) is 0 Å². The van der Waals surface area contributed by atoms with Gasteiger partial charge in [0.15, 0.2) is 6.04 Å². The van der Waals surface area contributed by atoms with Gasteiger partial charge in [0.05, 0.1) is 5.92 Å². The number of nitrogens with one attached hydrogen (secondary N) is 2. The van der Waals surface area contributed by atoms with Crippen molar-refractivity contribution in [2.24, 2.45) is 5.92 Å². The van der Waals surface area contributed by atoms with Gasteiger partial charge >= 0.3 is 5.97 Å². The molecule has 0 aliphatic carbocycles. The normalized spacial score (nSPS) is 30.2. The Labute approximate surface area is 115 Å². The molecule has 4 atom stereocenters. The summed E-state index contributed by atoms with van der Waals surface area (Å²) in [5.74, 6) is -1.23. The fourth-order valence-electron chi connectivity index (χ4n) is 3.07. The number of carbonyl (C=O) groups excluding carboxylic acids is 1. The molecule has 2 aliphatic rings. The van der Waals surface area contributed by atoms with Gasteiger partial charge in [-0.05, 0) is 30.7 Å². The lowest BCUT2D eigenvalue weighted by molar-refractivity contribution is -0.142. The lowest BCUT2D eigenvalue weighted by Gasteiger charge is -2.21. The summed E-state index contributed by atoms with van der Waals surface area (Å²) in [6.45, 7) is 0. The number of thiophene rings is 1. The predicted octanol–water partition coefficient (Wildman–Crippen LogP) is 1.13. The molecule has 6 heteroatoms. The number of fused-ring (bicyclic) bond motifs is 2. The van der Waals surface area contributed by atoms with E-state index in [9.17, 15) is 14.7 Å². The Kier molecular flexibility index (Phi) is 3.28. The number of carboxylic acids is 1. The lowest BCUT2D eigenvalue weighted by atomic mass is 9.88. The van der Waals surface area contributed by atoms with Gasteiger partial charge in [0.25, 0.3) is 0 Å². The molecule has 1 amide bonds. The third kappa shape index (κ3) is 2.37. The van der Waals surface area contributed by atoms with Crippen LogP contribution >= 0.6 is 11.3 Å². The molecule has 0 spiro atoms. The second-order valence-corrected chi connectivity index (χ2v) is 6.16. The molecule has 2 bridgehead atoms. The molecule has 2 fully saturated rings. The largest absolute Gasteiger partial charge is 0.479 e. The molecule has 19 heavy (non-hydrogen) atoms. The minimum absolute atomic E-state index is 0.0828. The van der Waals surface area contributed by atoms with Crippen molar-refractivity contribution in [3.8, 4) is 0 Å². The van der Waals surface area contributed by atoms with E-state index < -0.39 is 12.0 Å². The number of aliphatic carboxylic acids is 1. The molecule has 1 aromatic rings. The van der Waals surface area contributed by atoms with E-state index in [1.165, 1.54) is 11.3 Å². The molecule has 102 valence electrons. The van der Waals surface area contributed by atoms with Gasteiger partial charge in [-0.25, -0.2) is 4.79 Å². The van der Waals surface area contributed by atoms with Crippen molar-refractivity contribution in [2.75, 3.05) is 0 Å². The van der Waals surface area contributed by atoms with Crippen LogP contribution in [0.3, 0.4) is 0 Å². The van der Waals surface area contributed by atoms with Gasteiger partial charge in [0.2, 0.25) is 5.91 Å². The van der Waals surface area contributed by atoms with Crippen molar-refractivity contribution in [3.05, 3.63) is 22.4 Å². The van der Waals surface area contributed by atoms with E-state index in [1.807, 2.05) is 5.38 Å². The third-order valence-corrected chi connectivity index (χ3v) is 4.94. The van der Waals surface area contributed by atoms with Crippen LogP contribution in [0.25, 0.3) is 0 Å². The highest BCUT2D eigenvalue weighted by Gasteiger charge is 2.43. The molecule has 4 unspecified atom stereocenters. The molecule has 3 rings (SSSR count). The summed E-state index contributed by atoms with van der Waals surface area (Å²) in [7, 11) is 0. The number of hydrogen-bond acceptors (Lipinski definition) is 4. The number of rotatable bonds is 4. The summed E-state index contributed by atoms with van der Waals surface area (Å²) in [4.78, 5) is 24.2. The number of carbonyl (C=O) groups is 2. The highest BCUT2D eigenvalue weighted by molar-refractivity contribution is 7.10. The average Bonchev–Trinajstić information content (AvgIpc) is 3.10. The zero-order valence-electron chi connectivity index (χ0n) is 10.3. The van der Waals surface area contributed by atoms with Crippen LogP contribution in [0, 0.1) is 5.92 Å². The monoisotopic (exact) mass is 280 g/mol. The highest BCUT2D eigenvalue weighted by atomic mass is 32.1. The second-order valence-electron chi connectivity index (χ2n) is 5.18. The van der Waals surface area contributed by atoms with Gasteiger partial charge in [-0.2, -0.15) is 0 Å². The summed E-state index contributed by atoms with van der Waals surface area (Å²) < 4.78 is 0. The maximum atomic E-state index is 12.2. The summed E-state index contributed by atoms with van der Waals surface area (Å²) in [6, 6.07) is 3.27. The first-order valence-electron chi connectivity index (χ1n) is 6.48. The van der Waals surface area contributed by atoms with Crippen molar-refractivity contribution in [3.63, 3.8) is 0 Å². The van der Waals surface area contributed by atoms with Crippen LogP contribution in [0.2, 0.25) is 0 Å². The van der Waals surface area contributed by atoms with Crippen LogP contribution in [-0.4, -0.2) is 29.1 Å². The molecule has 3 heterocycles. The van der Waals surface area contributed by atoms with Gasteiger partial charge in [0.1, 0.15) is 0 Å². The Morgan fingerprint density at radius 2 is 2.32 bits per heavy atom. The first-order valence-corrected chi connectivity index (χ1v) is 7.36. The maximum Gasteiger partial charge on any atom is 0.331 e. The first kappa shape index (κ1) is 12.6. The molecule has 2 aliphatic heterocycles. The lowest BCUT2D eigenvalue weighted by Crippen LogP contribution is -2.41. The van der Waals surface area contributed by atoms with Gasteiger partial charge < -0.3 is 15.7 Å². The van der Waals surface area contributed by atoms with Crippen LogP contribution < -0.4 is 10.6 Å². The fraction of sp³-hybridized carbons (Fsp3) is 0.538. The van der Waals surface area contributed by atoms with Crippen LogP contribution in [0.1, 0.15) is 30.2 Å². The number of carboxylic acid groups (broad SMARTS) is 1. The summed E-state index contributed by atoms with van der Waals surface area (Å²) in [6.07, 6.45) is 2.97. The fourth-order valence-corrected chi connectivity index (χ4v) is 3.84. The molecular formula is C13H16N2O3S. The number of hydrogen-bond donors (Lipinski definition) is 3. The third-order valence-electron chi connectivity index (χ3n) is 4.00. The van der Waals surface area contributed by atoms with E-state index in [0.29, 0.717) is 10.9 Å². The quantitative estimate of drug-likeness (QED) is 0.772. The van der Waals surface area contributed by atoms with Crippen molar-refractivity contribution in [1.82, 2.24) is 10.6 Å². The standard InChI is InChI=1S/C13H16N2O3S/c16-12(8-6-7-3-4-9(8)14-7)15-11(13(17)18)10-2-1-5-19-10/h1-2,5,7-9,11,14H,3-4,6H2,(H,15,16)(H,17,18).